The first-order valence-electron chi connectivity index (χ1n) is 5.68. The van der Waals surface area contributed by atoms with E-state index in [-0.39, 0.29) is 12.4 Å². The molecule has 0 spiro atoms. The summed E-state index contributed by atoms with van der Waals surface area (Å²) in [6, 6.07) is 8.22. The zero-order chi connectivity index (χ0) is 14.7. The van der Waals surface area contributed by atoms with Crippen molar-refractivity contribution < 1.29 is 13.5 Å². The molecule has 2 aromatic carbocycles. The largest absolute Gasteiger partial charge is 0.489 e. The van der Waals surface area contributed by atoms with Gasteiger partial charge >= 0.3 is 0 Å². The van der Waals surface area contributed by atoms with Gasteiger partial charge in [-0.05, 0) is 35.9 Å². The summed E-state index contributed by atoms with van der Waals surface area (Å²) in [7, 11) is 0. The third-order valence-electron chi connectivity index (χ3n) is 2.62. The lowest BCUT2D eigenvalue weighted by Gasteiger charge is -2.09. The number of nitrogens with two attached hydrogens (primary N) is 1. The summed E-state index contributed by atoms with van der Waals surface area (Å²) in [5, 5.41) is 7.59. The first-order chi connectivity index (χ1) is 9.47. The Morgan fingerprint density at radius 2 is 1.90 bits per heavy atom. The summed E-state index contributed by atoms with van der Waals surface area (Å²) in [5.74, 6) is -1.51. The van der Waals surface area contributed by atoms with Gasteiger partial charge in [-0.3, -0.25) is 5.41 Å². The zero-order valence-electron chi connectivity index (χ0n) is 10.3. The Hall–Kier alpha value is -2.14. The van der Waals surface area contributed by atoms with Crippen LogP contribution in [0.2, 0.25) is 5.02 Å². The van der Waals surface area contributed by atoms with Crippen molar-refractivity contribution in [2.75, 3.05) is 0 Å². The summed E-state index contributed by atoms with van der Waals surface area (Å²) < 4.78 is 31.2. The predicted octanol–water partition coefficient (Wildman–Crippen LogP) is 3.48. The van der Waals surface area contributed by atoms with E-state index in [4.69, 9.17) is 27.5 Å². The SMILES string of the molecule is N=C(N)c1ccc(OCc2ccc(F)c(F)c2)cc1Cl. The van der Waals surface area contributed by atoms with Gasteiger partial charge in [0.15, 0.2) is 11.6 Å². The van der Waals surface area contributed by atoms with Gasteiger partial charge in [-0.2, -0.15) is 0 Å². The molecule has 20 heavy (non-hydrogen) atoms. The fourth-order valence-corrected chi connectivity index (χ4v) is 1.87. The second-order valence-electron chi connectivity index (χ2n) is 4.09. The number of benzene rings is 2. The molecule has 0 atom stereocenters. The van der Waals surface area contributed by atoms with Gasteiger partial charge < -0.3 is 10.5 Å². The summed E-state index contributed by atoms with van der Waals surface area (Å²) in [4.78, 5) is 0. The molecule has 0 bridgehead atoms. The minimum absolute atomic E-state index is 0.0763. The highest BCUT2D eigenvalue weighted by molar-refractivity contribution is 6.34. The van der Waals surface area contributed by atoms with E-state index in [0.717, 1.165) is 12.1 Å². The van der Waals surface area contributed by atoms with Gasteiger partial charge in [-0.15, -0.1) is 0 Å². The monoisotopic (exact) mass is 296 g/mol. The van der Waals surface area contributed by atoms with Gasteiger partial charge in [-0.1, -0.05) is 17.7 Å². The Bertz CT molecular complexity index is 662. The highest BCUT2D eigenvalue weighted by atomic mass is 35.5. The number of hydrogen-bond acceptors (Lipinski definition) is 2. The molecule has 0 radical (unpaired) electrons. The standard InChI is InChI=1S/C14H11ClF2N2O/c15-11-6-9(2-3-10(11)14(18)19)20-7-8-1-4-12(16)13(17)5-8/h1-6H,7H2,(H3,18,19). The molecule has 2 aromatic rings. The van der Waals surface area contributed by atoms with Crippen molar-refractivity contribution in [1.29, 1.82) is 5.41 Å². The van der Waals surface area contributed by atoms with Crippen molar-refractivity contribution in [3.8, 4) is 5.75 Å². The van der Waals surface area contributed by atoms with Crippen molar-refractivity contribution >= 4 is 17.4 Å². The highest BCUT2D eigenvalue weighted by Gasteiger charge is 2.06. The molecule has 104 valence electrons. The van der Waals surface area contributed by atoms with Crippen LogP contribution in [0, 0.1) is 17.0 Å². The van der Waals surface area contributed by atoms with E-state index in [9.17, 15) is 8.78 Å². The first kappa shape index (κ1) is 14.3. The Kier molecular flexibility index (Phi) is 4.20. The van der Waals surface area contributed by atoms with E-state index in [1.54, 1.807) is 12.1 Å². The first-order valence-corrected chi connectivity index (χ1v) is 6.06. The van der Waals surface area contributed by atoms with Crippen LogP contribution in [0.4, 0.5) is 8.78 Å². The van der Waals surface area contributed by atoms with Crippen LogP contribution in [0.5, 0.6) is 5.75 Å². The van der Waals surface area contributed by atoms with E-state index in [1.165, 1.54) is 12.1 Å². The van der Waals surface area contributed by atoms with Crippen molar-refractivity contribution in [3.05, 3.63) is 64.2 Å². The van der Waals surface area contributed by atoms with Crippen LogP contribution in [-0.2, 0) is 6.61 Å². The van der Waals surface area contributed by atoms with Crippen molar-refractivity contribution in [1.82, 2.24) is 0 Å². The molecule has 0 heterocycles. The van der Waals surface area contributed by atoms with Crippen LogP contribution in [0.3, 0.4) is 0 Å². The number of rotatable bonds is 4. The second-order valence-corrected chi connectivity index (χ2v) is 4.50. The van der Waals surface area contributed by atoms with Gasteiger partial charge in [-0.25, -0.2) is 8.78 Å². The molecule has 0 fully saturated rings. The minimum Gasteiger partial charge on any atom is -0.489 e. The van der Waals surface area contributed by atoms with Crippen LogP contribution in [0.15, 0.2) is 36.4 Å². The molecule has 3 N–H and O–H groups in total. The fourth-order valence-electron chi connectivity index (χ4n) is 1.60. The number of ether oxygens (including phenoxy) is 1. The van der Waals surface area contributed by atoms with Gasteiger partial charge in [0.2, 0.25) is 0 Å². The smallest absolute Gasteiger partial charge is 0.159 e. The lowest BCUT2D eigenvalue weighted by atomic mass is 10.2. The molecule has 0 amide bonds. The van der Waals surface area contributed by atoms with Crippen molar-refractivity contribution in [3.63, 3.8) is 0 Å². The quantitative estimate of drug-likeness (QED) is 0.670. The molecule has 0 saturated carbocycles. The number of hydrogen-bond donors (Lipinski definition) is 2. The van der Waals surface area contributed by atoms with Gasteiger partial charge in [0.25, 0.3) is 0 Å². The zero-order valence-corrected chi connectivity index (χ0v) is 11.0. The highest BCUT2D eigenvalue weighted by Crippen LogP contribution is 2.23. The van der Waals surface area contributed by atoms with E-state index >= 15 is 0 Å². The molecule has 0 aromatic heterocycles. The average molecular weight is 297 g/mol. The number of amidine groups is 1. The van der Waals surface area contributed by atoms with E-state index in [1.807, 2.05) is 0 Å². The van der Waals surface area contributed by atoms with Crippen molar-refractivity contribution in [2.24, 2.45) is 5.73 Å². The minimum atomic E-state index is -0.920. The average Bonchev–Trinajstić information content (AvgIpc) is 2.40. The summed E-state index contributed by atoms with van der Waals surface area (Å²) in [6.07, 6.45) is 0. The lowest BCUT2D eigenvalue weighted by Crippen LogP contribution is -2.11. The van der Waals surface area contributed by atoms with Gasteiger partial charge in [0.1, 0.15) is 18.2 Å². The van der Waals surface area contributed by atoms with Gasteiger partial charge in [0.05, 0.1) is 5.02 Å². The Labute approximate surface area is 119 Å². The van der Waals surface area contributed by atoms with Crippen LogP contribution < -0.4 is 10.5 Å². The Morgan fingerprint density at radius 1 is 1.15 bits per heavy atom. The molecule has 0 saturated heterocycles. The van der Waals surface area contributed by atoms with Crippen LogP contribution in [-0.4, -0.2) is 5.84 Å². The molecule has 2 rings (SSSR count). The third kappa shape index (κ3) is 3.24. The molecule has 0 aliphatic heterocycles. The van der Waals surface area contributed by atoms with E-state index < -0.39 is 11.6 Å². The molecular weight excluding hydrogens is 286 g/mol. The van der Waals surface area contributed by atoms with E-state index in [0.29, 0.717) is 21.9 Å². The topological polar surface area (TPSA) is 59.1 Å². The van der Waals surface area contributed by atoms with Crippen molar-refractivity contribution in [2.45, 2.75) is 6.61 Å². The summed E-state index contributed by atoms with van der Waals surface area (Å²) in [6.45, 7) is 0.0763. The normalized spacial score (nSPS) is 10.3. The summed E-state index contributed by atoms with van der Waals surface area (Å²) in [5.41, 5.74) is 6.25. The maximum absolute atomic E-state index is 13.0. The van der Waals surface area contributed by atoms with Crippen LogP contribution in [0.25, 0.3) is 0 Å². The second kappa shape index (κ2) is 5.88. The maximum atomic E-state index is 13.0. The third-order valence-corrected chi connectivity index (χ3v) is 2.93. The molecular formula is C14H11ClF2N2O. The molecule has 0 aliphatic carbocycles. The molecule has 3 nitrogen and oxygen atoms in total. The van der Waals surface area contributed by atoms with Gasteiger partial charge in [0, 0.05) is 5.56 Å². The van der Waals surface area contributed by atoms with Crippen LogP contribution >= 0.6 is 11.6 Å². The van der Waals surface area contributed by atoms with E-state index in [2.05, 4.69) is 0 Å². The summed E-state index contributed by atoms with van der Waals surface area (Å²) >= 11 is 5.94. The molecule has 6 heteroatoms. The lowest BCUT2D eigenvalue weighted by molar-refractivity contribution is 0.305. The number of nitrogen functional groups attached to an aromatic ring is 1. The molecule has 0 unspecified atom stereocenters. The number of halogens is 3. The fraction of sp³-hybridized carbons (Fsp3) is 0.0714. The molecule has 0 aliphatic rings. The number of nitrogens with one attached hydrogen (secondary N) is 1. The maximum Gasteiger partial charge on any atom is 0.159 e. The predicted molar refractivity (Wildman–Crippen MR) is 73.2 cm³/mol. The Morgan fingerprint density at radius 3 is 2.50 bits per heavy atom. The Balaban J connectivity index is 2.09. The van der Waals surface area contributed by atoms with Crippen LogP contribution in [0.1, 0.15) is 11.1 Å².